The van der Waals surface area contributed by atoms with Crippen LogP contribution >= 0.6 is 0 Å². The smallest absolute Gasteiger partial charge is 0.272 e. The summed E-state index contributed by atoms with van der Waals surface area (Å²) in [6.07, 6.45) is 4.31. The Bertz CT molecular complexity index is 1360. The molecule has 3 atom stereocenters. The van der Waals surface area contributed by atoms with Crippen LogP contribution < -0.4 is 11.1 Å². The predicted octanol–water partition coefficient (Wildman–Crippen LogP) is 1.86. The molecule has 3 aromatic rings. The third kappa shape index (κ3) is 6.24. The van der Waals surface area contributed by atoms with Crippen LogP contribution in [-0.2, 0) is 15.1 Å². The van der Waals surface area contributed by atoms with Crippen molar-refractivity contribution in [3.63, 3.8) is 0 Å². The minimum absolute atomic E-state index is 0.0730. The van der Waals surface area contributed by atoms with E-state index in [1.54, 1.807) is 35.2 Å². The number of nitrogens with two attached hydrogens (primary N) is 1. The molecule has 3 heterocycles. The number of carbonyl (C=O) groups is 1. The van der Waals surface area contributed by atoms with Crippen LogP contribution in [0.15, 0.2) is 48.9 Å². The number of hydrogen-bond donors (Lipinski definition) is 4. The minimum atomic E-state index is -1.58. The average molecular weight is 501 g/mol. The van der Waals surface area contributed by atoms with Gasteiger partial charge in [-0.2, -0.15) is 4.98 Å². The van der Waals surface area contributed by atoms with Crippen LogP contribution in [0.2, 0.25) is 0 Å². The Kier molecular flexibility index (Phi) is 7.42. The molecule has 5 N–H and O–H groups in total. The number of aromatic nitrogens is 4. The third-order valence-corrected chi connectivity index (χ3v) is 5.60. The Morgan fingerprint density at radius 2 is 1.89 bits per heavy atom. The Hall–Kier alpha value is -4.40. The summed E-state index contributed by atoms with van der Waals surface area (Å²) < 4.78 is 5.72. The lowest BCUT2D eigenvalue weighted by atomic mass is 10.0. The molecule has 4 rings (SSSR count). The van der Waals surface area contributed by atoms with E-state index in [1.807, 2.05) is 13.8 Å². The van der Waals surface area contributed by atoms with Crippen molar-refractivity contribution in [3.05, 3.63) is 65.9 Å². The lowest BCUT2D eigenvalue weighted by molar-refractivity contribution is -0.136. The second kappa shape index (κ2) is 10.7. The molecule has 1 aliphatic rings. The van der Waals surface area contributed by atoms with Gasteiger partial charge >= 0.3 is 0 Å². The Labute approximate surface area is 214 Å². The number of rotatable bonds is 5. The molecule has 3 unspecified atom stereocenters. The van der Waals surface area contributed by atoms with E-state index in [0.717, 1.165) is 0 Å². The van der Waals surface area contributed by atoms with Gasteiger partial charge in [-0.05, 0) is 51.1 Å². The molecule has 2 aromatic heterocycles. The Morgan fingerprint density at radius 3 is 2.57 bits per heavy atom. The number of hydrogen-bond acceptors (Lipinski definition) is 10. The van der Waals surface area contributed by atoms with Crippen molar-refractivity contribution >= 4 is 29.1 Å². The van der Waals surface area contributed by atoms with Crippen LogP contribution in [0.1, 0.15) is 37.7 Å². The monoisotopic (exact) mass is 500 g/mol. The molecule has 1 fully saturated rings. The summed E-state index contributed by atoms with van der Waals surface area (Å²) in [5.74, 6) is 5.95. The topological polar surface area (TPSA) is 163 Å². The number of amides is 1. The summed E-state index contributed by atoms with van der Waals surface area (Å²) in [5.41, 5.74) is 5.27. The number of nitrogens with one attached hydrogen (secondary N) is 2. The lowest BCUT2D eigenvalue weighted by Gasteiger charge is -2.35. The first-order valence-electron chi connectivity index (χ1n) is 11.7. The van der Waals surface area contributed by atoms with Crippen molar-refractivity contribution in [2.75, 3.05) is 24.1 Å². The largest absolute Gasteiger partial charge is 0.372 e. The number of nitrogens with zero attached hydrogens (tertiary/aromatic N) is 5. The van der Waals surface area contributed by atoms with Crippen molar-refractivity contribution in [2.45, 2.75) is 38.6 Å². The van der Waals surface area contributed by atoms with Crippen LogP contribution in [0.4, 0.5) is 17.5 Å². The average Bonchev–Trinajstić information content (AvgIpc) is 2.87. The van der Waals surface area contributed by atoms with Gasteiger partial charge in [-0.1, -0.05) is 11.8 Å². The fourth-order valence-electron chi connectivity index (χ4n) is 3.94. The zero-order chi connectivity index (χ0) is 26.6. The fourth-order valence-corrected chi connectivity index (χ4v) is 3.94. The van der Waals surface area contributed by atoms with Crippen LogP contribution in [0, 0.1) is 17.3 Å². The van der Waals surface area contributed by atoms with Crippen molar-refractivity contribution in [2.24, 2.45) is 0 Å². The molecule has 0 spiro atoms. The maximum atomic E-state index is 13.2. The quantitative estimate of drug-likeness (QED) is 0.302. The fraction of sp³-hybridized carbons (Fsp3) is 0.308. The van der Waals surface area contributed by atoms with Gasteiger partial charge in [0.25, 0.3) is 5.91 Å². The molecular formula is C26H28N8O3. The van der Waals surface area contributed by atoms with Crippen molar-refractivity contribution in [1.29, 1.82) is 5.41 Å². The molecule has 1 aliphatic heterocycles. The van der Waals surface area contributed by atoms with Gasteiger partial charge in [-0.3, -0.25) is 10.2 Å². The summed E-state index contributed by atoms with van der Waals surface area (Å²) in [5, 5.41) is 22.6. The number of carbonyl (C=O) groups excluding carboxylic acids is 1. The summed E-state index contributed by atoms with van der Waals surface area (Å²) >= 11 is 0. The normalized spacial score (nSPS) is 18.8. The van der Waals surface area contributed by atoms with E-state index in [1.165, 1.54) is 25.5 Å². The Balaban J connectivity index is 1.68. The molecule has 0 bridgehead atoms. The van der Waals surface area contributed by atoms with Crippen LogP contribution in [0.3, 0.4) is 0 Å². The standard InChI is InChI=1S/C26H28N8O3/c1-16-14-34(15-17(2)37-16)23(35)22(27)19-6-5-18(7-9-26(3,36)24-29-10-4-11-30-24)13-20(19)32-21-8-12-31-25(28)33-21/h4-6,8,10-13,16-17,27,36H,14-15H2,1-3H3,(H3,28,31,32,33). The van der Waals surface area contributed by atoms with Gasteiger partial charge in [0.1, 0.15) is 11.5 Å². The molecule has 0 aliphatic carbocycles. The predicted molar refractivity (Wildman–Crippen MR) is 138 cm³/mol. The summed E-state index contributed by atoms with van der Waals surface area (Å²) in [6.45, 7) is 6.10. The van der Waals surface area contributed by atoms with E-state index in [2.05, 4.69) is 37.1 Å². The van der Waals surface area contributed by atoms with Crippen molar-refractivity contribution < 1.29 is 14.6 Å². The lowest BCUT2D eigenvalue weighted by Crippen LogP contribution is -2.50. The van der Waals surface area contributed by atoms with Gasteiger partial charge in [0.05, 0.1) is 17.9 Å². The summed E-state index contributed by atoms with van der Waals surface area (Å²) in [4.78, 5) is 31.1. The van der Waals surface area contributed by atoms with E-state index >= 15 is 0 Å². The highest BCUT2D eigenvalue weighted by atomic mass is 16.5. The van der Waals surface area contributed by atoms with Gasteiger partial charge in [0, 0.05) is 42.8 Å². The van der Waals surface area contributed by atoms with Crippen LogP contribution in [0.25, 0.3) is 0 Å². The second-order valence-electron chi connectivity index (χ2n) is 8.92. The molecule has 11 heteroatoms. The summed E-state index contributed by atoms with van der Waals surface area (Å²) in [7, 11) is 0. The first kappa shape index (κ1) is 25.7. The molecule has 0 radical (unpaired) electrons. The molecule has 190 valence electrons. The molecular weight excluding hydrogens is 472 g/mol. The SMILES string of the molecule is CC1CN(C(=O)C(=N)c2ccc(C#CC(C)(O)c3ncccn3)cc2Nc2ccnc(N)n2)CC(C)O1. The van der Waals surface area contributed by atoms with Crippen LogP contribution in [-0.4, -0.2) is 66.9 Å². The van der Waals surface area contributed by atoms with Gasteiger partial charge < -0.3 is 25.8 Å². The van der Waals surface area contributed by atoms with Gasteiger partial charge in [0.2, 0.25) is 5.95 Å². The minimum Gasteiger partial charge on any atom is -0.372 e. The van der Waals surface area contributed by atoms with E-state index < -0.39 is 11.5 Å². The number of nitrogen functional groups attached to an aromatic ring is 1. The maximum Gasteiger partial charge on any atom is 0.272 e. The second-order valence-corrected chi connectivity index (χ2v) is 8.92. The third-order valence-electron chi connectivity index (χ3n) is 5.60. The van der Waals surface area contributed by atoms with E-state index in [-0.39, 0.29) is 29.7 Å². The van der Waals surface area contributed by atoms with Crippen molar-refractivity contribution in [1.82, 2.24) is 24.8 Å². The van der Waals surface area contributed by atoms with E-state index in [0.29, 0.717) is 35.7 Å². The number of ether oxygens (including phenoxy) is 1. The van der Waals surface area contributed by atoms with E-state index in [4.69, 9.17) is 15.9 Å². The molecule has 11 nitrogen and oxygen atoms in total. The van der Waals surface area contributed by atoms with Crippen molar-refractivity contribution in [3.8, 4) is 11.8 Å². The highest BCUT2D eigenvalue weighted by Gasteiger charge is 2.29. The molecule has 37 heavy (non-hydrogen) atoms. The number of morpholine rings is 1. The van der Waals surface area contributed by atoms with E-state index in [9.17, 15) is 9.90 Å². The highest BCUT2D eigenvalue weighted by molar-refractivity contribution is 6.45. The first-order chi connectivity index (χ1) is 17.6. The first-order valence-corrected chi connectivity index (χ1v) is 11.7. The maximum absolute atomic E-state index is 13.2. The Morgan fingerprint density at radius 1 is 1.19 bits per heavy atom. The van der Waals surface area contributed by atoms with Gasteiger partial charge in [-0.15, -0.1) is 0 Å². The highest BCUT2D eigenvalue weighted by Crippen LogP contribution is 2.24. The molecule has 1 aromatic carbocycles. The number of aliphatic hydroxyl groups is 1. The zero-order valence-corrected chi connectivity index (χ0v) is 20.8. The molecule has 1 saturated heterocycles. The van der Waals surface area contributed by atoms with Gasteiger partial charge in [0.15, 0.2) is 11.4 Å². The zero-order valence-electron chi connectivity index (χ0n) is 20.8. The molecule has 1 amide bonds. The van der Waals surface area contributed by atoms with Gasteiger partial charge in [-0.25, -0.2) is 15.0 Å². The number of benzene rings is 1. The number of anilines is 3. The summed E-state index contributed by atoms with van der Waals surface area (Å²) in [6, 6.07) is 8.26. The molecule has 0 saturated carbocycles. The van der Waals surface area contributed by atoms with Crippen LogP contribution in [0.5, 0.6) is 0 Å².